The van der Waals surface area contributed by atoms with Gasteiger partial charge in [0.25, 0.3) is 0 Å². The van der Waals surface area contributed by atoms with Crippen molar-refractivity contribution in [3.8, 4) is 0 Å². The van der Waals surface area contributed by atoms with E-state index in [2.05, 4.69) is 47.4 Å². The fourth-order valence-corrected chi connectivity index (χ4v) is 2.32. The number of anilines is 1. The third kappa shape index (κ3) is 1.43. The molecule has 0 atom stereocenters. The molecular formula is C14H15N3. The summed E-state index contributed by atoms with van der Waals surface area (Å²) in [5.41, 5.74) is 12.4. The summed E-state index contributed by atoms with van der Waals surface area (Å²) in [6.45, 7) is 2.98. The van der Waals surface area contributed by atoms with Crippen LogP contribution in [0.2, 0.25) is 0 Å². The number of nitrogens with zero attached hydrogens (tertiary/aromatic N) is 1. The Labute approximate surface area is 99.8 Å². The van der Waals surface area contributed by atoms with Crippen LogP contribution in [0.15, 0.2) is 42.5 Å². The number of fused-ring (bicyclic) bond motifs is 3. The first-order valence-electron chi connectivity index (χ1n) is 5.84. The molecule has 0 amide bonds. The predicted molar refractivity (Wildman–Crippen MR) is 73.8 cm³/mol. The Morgan fingerprint density at radius 2 is 1.82 bits per heavy atom. The van der Waals surface area contributed by atoms with Crippen LogP contribution in [0.25, 0.3) is 21.8 Å². The van der Waals surface area contributed by atoms with Gasteiger partial charge in [-0.2, -0.15) is 0 Å². The van der Waals surface area contributed by atoms with E-state index in [0.717, 1.165) is 12.2 Å². The number of para-hydroxylation sites is 1. The van der Waals surface area contributed by atoms with E-state index in [-0.39, 0.29) is 0 Å². The molecule has 0 bridgehead atoms. The molecule has 0 spiro atoms. The maximum atomic E-state index is 5.87. The van der Waals surface area contributed by atoms with Gasteiger partial charge in [-0.25, -0.2) is 0 Å². The standard InChI is InChI=1S/C14H15N3/c1-2-16-17-13-6-4-3-5-11(13)12-9-10(15)7-8-14(12)17/h3-9,16H,2,15H2,1H3. The summed E-state index contributed by atoms with van der Waals surface area (Å²) in [6.07, 6.45) is 0. The number of hydrogen-bond donors (Lipinski definition) is 2. The molecule has 0 radical (unpaired) electrons. The lowest BCUT2D eigenvalue weighted by Crippen LogP contribution is -2.12. The zero-order valence-electron chi connectivity index (χ0n) is 9.77. The van der Waals surface area contributed by atoms with Crippen LogP contribution in [0.5, 0.6) is 0 Å². The van der Waals surface area contributed by atoms with Gasteiger partial charge in [0.1, 0.15) is 0 Å². The Bertz CT molecular complexity index is 682. The van der Waals surface area contributed by atoms with Crippen molar-refractivity contribution in [3.63, 3.8) is 0 Å². The molecule has 0 saturated carbocycles. The van der Waals surface area contributed by atoms with Gasteiger partial charge in [-0.15, -0.1) is 0 Å². The van der Waals surface area contributed by atoms with Crippen molar-refractivity contribution in [2.24, 2.45) is 0 Å². The van der Waals surface area contributed by atoms with E-state index in [1.807, 2.05) is 12.1 Å². The molecule has 3 N–H and O–H groups in total. The number of rotatable bonds is 2. The van der Waals surface area contributed by atoms with Crippen LogP contribution in [0.3, 0.4) is 0 Å². The molecule has 0 saturated heterocycles. The number of aromatic nitrogens is 1. The summed E-state index contributed by atoms with van der Waals surface area (Å²) in [4.78, 5) is 0. The SMILES string of the molecule is CCNn1c2ccccc2c2cc(N)ccc21. The minimum atomic E-state index is 0.803. The lowest BCUT2D eigenvalue weighted by Gasteiger charge is -2.08. The molecule has 2 aromatic carbocycles. The Morgan fingerprint density at radius 3 is 2.65 bits per heavy atom. The zero-order valence-corrected chi connectivity index (χ0v) is 9.77. The van der Waals surface area contributed by atoms with Gasteiger partial charge in [0, 0.05) is 23.0 Å². The van der Waals surface area contributed by atoms with Crippen molar-refractivity contribution in [1.29, 1.82) is 0 Å². The topological polar surface area (TPSA) is 43.0 Å². The Balaban J connectivity index is 2.48. The third-order valence-corrected chi connectivity index (χ3v) is 3.01. The first kappa shape index (κ1) is 10.0. The molecule has 86 valence electrons. The highest BCUT2D eigenvalue weighted by Gasteiger charge is 2.09. The van der Waals surface area contributed by atoms with E-state index in [9.17, 15) is 0 Å². The average molecular weight is 225 g/mol. The van der Waals surface area contributed by atoms with Crippen LogP contribution in [-0.4, -0.2) is 11.2 Å². The summed E-state index contributed by atoms with van der Waals surface area (Å²) in [7, 11) is 0. The molecule has 0 aliphatic carbocycles. The highest BCUT2D eigenvalue weighted by molar-refractivity contribution is 6.09. The Kier molecular flexibility index (Phi) is 2.18. The van der Waals surface area contributed by atoms with Crippen molar-refractivity contribution >= 4 is 27.5 Å². The van der Waals surface area contributed by atoms with Crippen LogP contribution in [0, 0.1) is 0 Å². The van der Waals surface area contributed by atoms with Crippen LogP contribution in [-0.2, 0) is 0 Å². The van der Waals surface area contributed by atoms with E-state index < -0.39 is 0 Å². The summed E-state index contributed by atoms with van der Waals surface area (Å²) in [6, 6.07) is 14.4. The van der Waals surface area contributed by atoms with Crippen LogP contribution < -0.4 is 11.2 Å². The smallest absolute Gasteiger partial charge is 0.0707 e. The fraction of sp³-hybridized carbons (Fsp3) is 0.143. The average Bonchev–Trinajstić information content (AvgIpc) is 2.65. The highest BCUT2D eigenvalue weighted by Crippen LogP contribution is 2.29. The number of nitrogens with one attached hydrogen (secondary N) is 1. The third-order valence-electron chi connectivity index (χ3n) is 3.01. The first-order chi connectivity index (χ1) is 8.31. The molecule has 17 heavy (non-hydrogen) atoms. The van der Waals surface area contributed by atoms with E-state index >= 15 is 0 Å². The molecule has 3 aromatic rings. The second kappa shape index (κ2) is 3.70. The van der Waals surface area contributed by atoms with Crippen LogP contribution in [0.1, 0.15) is 6.92 Å². The summed E-state index contributed by atoms with van der Waals surface area (Å²) >= 11 is 0. The van der Waals surface area contributed by atoms with E-state index in [4.69, 9.17) is 5.73 Å². The van der Waals surface area contributed by atoms with Crippen molar-refractivity contribution < 1.29 is 0 Å². The molecule has 1 aromatic heterocycles. The van der Waals surface area contributed by atoms with Crippen LogP contribution in [0.4, 0.5) is 5.69 Å². The molecule has 0 fully saturated rings. The second-order valence-electron chi connectivity index (χ2n) is 4.14. The fourth-order valence-electron chi connectivity index (χ4n) is 2.32. The van der Waals surface area contributed by atoms with E-state index in [1.165, 1.54) is 21.8 Å². The van der Waals surface area contributed by atoms with Gasteiger partial charge < -0.3 is 11.2 Å². The van der Waals surface area contributed by atoms with Gasteiger partial charge in [-0.3, -0.25) is 4.68 Å². The minimum Gasteiger partial charge on any atom is -0.399 e. The molecule has 3 nitrogen and oxygen atoms in total. The van der Waals surface area contributed by atoms with E-state index in [0.29, 0.717) is 0 Å². The van der Waals surface area contributed by atoms with Gasteiger partial charge >= 0.3 is 0 Å². The number of benzene rings is 2. The molecule has 0 aliphatic heterocycles. The minimum absolute atomic E-state index is 0.803. The molecule has 1 heterocycles. The van der Waals surface area contributed by atoms with Gasteiger partial charge in [-0.1, -0.05) is 18.2 Å². The van der Waals surface area contributed by atoms with Gasteiger partial charge in [0.05, 0.1) is 11.0 Å². The Morgan fingerprint density at radius 1 is 1.06 bits per heavy atom. The van der Waals surface area contributed by atoms with Gasteiger partial charge in [0.2, 0.25) is 0 Å². The quantitative estimate of drug-likeness (QED) is 0.658. The zero-order chi connectivity index (χ0) is 11.8. The van der Waals surface area contributed by atoms with Crippen molar-refractivity contribution in [2.75, 3.05) is 17.7 Å². The molecule has 0 aliphatic rings. The highest BCUT2D eigenvalue weighted by atomic mass is 15.4. The summed E-state index contributed by atoms with van der Waals surface area (Å²) in [5, 5.41) is 2.43. The van der Waals surface area contributed by atoms with Crippen LogP contribution >= 0.6 is 0 Å². The largest absolute Gasteiger partial charge is 0.399 e. The van der Waals surface area contributed by atoms with Crippen molar-refractivity contribution in [1.82, 2.24) is 4.68 Å². The Hall–Kier alpha value is -2.16. The number of nitrogen functional groups attached to an aromatic ring is 1. The normalized spacial score (nSPS) is 11.1. The summed E-state index contributed by atoms with van der Waals surface area (Å²) < 4.78 is 2.13. The maximum Gasteiger partial charge on any atom is 0.0707 e. The lowest BCUT2D eigenvalue weighted by atomic mass is 10.1. The number of hydrogen-bond acceptors (Lipinski definition) is 2. The number of nitrogens with two attached hydrogens (primary N) is 1. The van der Waals surface area contributed by atoms with Gasteiger partial charge in [-0.05, 0) is 31.2 Å². The summed E-state index contributed by atoms with van der Waals surface area (Å²) in [5.74, 6) is 0. The second-order valence-corrected chi connectivity index (χ2v) is 4.14. The van der Waals surface area contributed by atoms with Crippen molar-refractivity contribution in [3.05, 3.63) is 42.5 Å². The monoisotopic (exact) mass is 225 g/mol. The van der Waals surface area contributed by atoms with Gasteiger partial charge in [0.15, 0.2) is 0 Å². The maximum absolute atomic E-state index is 5.87. The molecule has 3 heteroatoms. The van der Waals surface area contributed by atoms with Crippen molar-refractivity contribution in [2.45, 2.75) is 6.92 Å². The molecule has 3 rings (SSSR count). The molecular weight excluding hydrogens is 210 g/mol. The first-order valence-corrected chi connectivity index (χ1v) is 5.84. The lowest BCUT2D eigenvalue weighted by molar-refractivity contribution is 0.931. The molecule has 0 unspecified atom stereocenters. The van der Waals surface area contributed by atoms with E-state index in [1.54, 1.807) is 0 Å². The predicted octanol–water partition coefficient (Wildman–Crippen LogP) is 2.94.